The van der Waals surface area contributed by atoms with Crippen molar-refractivity contribution in [3.8, 4) is 0 Å². The molecule has 0 aliphatic carbocycles. The van der Waals surface area contributed by atoms with Crippen molar-refractivity contribution in [2.45, 2.75) is 86.5 Å². The van der Waals surface area contributed by atoms with Crippen LogP contribution in [0.5, 0.6) is 0 Å². The van der Waals surface area contributed by atoms with Crippen LogP contribution in [-0.4, -0.2) is 64.5 Å². The van der Waals surface area contributed by atoms with Gasteiger partial charge in [-0.2, -0.15) is 0 Å². The zero-order chi connectivity index (χ0) is 29.9. The predicted molar refractivity (Wildman–Crippen MR) is 142 cm³/mol. The summed E-state index contributed by atoms with van der Waals surface area (Å²) in [6, 6.07) is 0. The quantitative estimate of drug-likeness (QED) is 0.171. The first-order valence-electron chi connectivity index (χ1n) is 11.9. The molecule has 1 atom stereocenters. The molecule has 0 aromatic carbocycles. The molecule has 0 fully saturated rings. The van der Waals surface area contributed by atoms with Crippen molar-refractivity contribution in [3.05, 3.63) is 0 Å². The van der Waals surface area contributed by atoms with Gasteiger partial charge in [0.2, 0.25) is 13.6 Å². The molecule has 0 N–H and O–H groups in total. The third-order valence-electron chi connectivity index (χ3n) is 4.49. The number of ketones is 1. The lowest BCUT2D eigenvalue weighted by Gasteiger charge is -2.24. The molecule has 0 amide bonds. The lowest BCUT2D eigenvalue weighted by Crippen LogP contribution is -2.35. The normalized spacial score (nSPS) is 12.8. The molecule has 0 rings (SSSR count). The maximum absolute atomic E-state index is 13.0. The van der Waals surface area contributed by atoms with Crippen LogP contribution in [0.15, 0.2) is 0 Å². The highest BCUT2D eigenvalue weighted by Gasteiger charge is 2.36. The highest BCUT2D eigenvalue weighted by atomic mass is 32.2. The third-order valence-corrected chi connectivity index (χ3v) is 6.43. The number of ether oxygens (including phenoxy) is 5. The van der Waals surface area contributed by atoms with Gasteiger partial charge >= 0.3 is 28.5 Å². The molecule has 0 heterocycles. The summed E-state index contributed by atoms with van der Waals surface area (Å²) in [6.45, 7) is 15.0. The van der Waals surface area contributed by atoms with Crippen LogP contribution in [0.3, 0.4) is 0 Å². The van der Waals surface area contributed by atoms with E-state index in [2.05, 4.69) is 0 Å². The van der Waals surface area contributed by atoms with E-state index in [1.54, 1.807) is 55.4 Å². The van der Waals surface area contributed by atoms with E-state index in [0.717, 1.165) is 0 Å². The molecule has 0 aliphatic rings. The zero-order valence-corrected chi connectivity index (χ0v) is 25.4. The van der Waals surface area contributed by atoms with Gasteiger partial charge in [0.15, 0.2) is 0 Å². The van der Waals surface area contributed by atoms with E-state index in [1.165, 1.54) is 13.8 Å². The largest absolute Gasteiger partial charge is 0.463 e. The Hall–Kier alpha value is -2.28. The summed E-state index contributed by atoms with van der Waals surface area (Å²) in [5.41, 5.74) is -1.53. The Morgan fingerprint density at radius 2 is 1.13 bits per heavy atom. The molecule has 0 spiro atoms. The molecule has 0 saturated heterocycles. The molecule has 0 aliphatic heterocycles. The fraction of sp³-hybridized carbons (Fsp3) is 0.760. The van der Waals surface area contributed by atoms with Crippen LogP contribution in [0.2, 0.25) is 0 Å². The Kier molecular flexibility index (Phi) is 14.4. The summed E-state index contributed by atoms with van der Waals surface area (Å²) in [6.07, 6.45) is -0.779. The van der Waals surface area contributed by atoms with Crippen LogP contribution in [0.4, 0.5) is 9.59 Å². The fourth-order valence-electron chi connectivity index (χ4n) is 2.21. The fourth-order valence-corrected chi connectivity index (χ4v) is 3.65. The van der Waals surface area contributed by atoms with Crippen molar-refractivity contribution >= 4 is 57.8 Å². The third kappa shape index (κ3) is 14.6. The Bertz CT molecular complexity index is 868. The van der Waals surface area contributed by atoms with Crippen molar-refractivity contribution in [1.82, 2.24) is 0 Å². The lowest BCUT2D eigenvalue weighted by atomic mass is 9.97. The summed E-state index contributed by atoms with van der Waals surface area (Å²) >= 11 is 1.20. The average molecular weight is 581 g/mol. The van der Waals surface area contributed by atoms with Crippen molar-refractivity contribution in [1.29, 1.82) is 0 Å². The average Bonchev–Trinajstić information content (AvgIpc) is 2.73. The second-order valence-electron chi connectivity index (χ2n) is 11.1. The molecular formula is C25H40O11S2. The van der Waals surface area contributed by atoms with Gasteiger partial charge in [-0.05, 0) is 92.8 Å². The Balaban J connectivity index is 5.01. The summed E-state index contributed by atoms with van der Waals surface area (Å²) in [5, 5.41) is -1.64. The first-order chi connectivity index (χ1) is 17.2. The van der Waals surface area contributed by atoms with Crippen molar-refractivity contribution in [2.24, 2.45) is 16.7 Å². The van der Waals surface area contributed by atoms with Crippen LogP contribution >= 0.6 is 23.5 Å². The van der Waals surface area contributed by atoms with E-state index in [9.17, 15) is 28.8 Å². The van der Waals surface area contributed by atoms with Gasteiger partial charge in [-0.15, -0.1) is 0 Å². The van der Waals surface area contributed by atoms with E-state index < -0.39 is 75.5 Å². The monoisotopic (exact) mass is 580 g/mol. The summed E-state index contributed by atoms with van der Waals surface area (Å²) in [4.78, 5) is 73.4. The summed E-state index contributed by atoms with van der Waals surface area (Å²) in [5.74, 6) is -3.42. The van der Waals surface area contributed by atoms with E-state index in [0.29, 0.717) is 23.5 Å². The van der Waals surface area contributed by atoms with Crippen LogP contribution in [0, 0.1) is 16.7 Å². The van der Waals surface area contributed by atoms with Crippen molar-refractivity contribution in [3.63, 3.8) is 0 Å². The SMILES string of the molecule is CC(C)OC(=O)[C@H](CSC(=O)OCOC(=O)C(C)(C)C)CC(=O)C(C)(C)SC(=O)OCOC(=O)C(C)(C)C. The second kappa shape index (κ2) is 15.3. The first kappa shape index (κ1) is 35.7. The van der Waals surface area contributed by atoms with Gasteiger partial charge in [0, 0.05) is 12.2 Å². The van der Waals surface area contributed by atoms with Gasteiger partial charge in [-0.3, -0.25) is 19.2 Å². The standard InChI is InChI=1S/C25H40O11S2/c1-15(2)36-18(27)16(12-37-21(30)34-13-32-19(28)23(3,4)5)11-17(26)25(9,10)38-22(31)35-14-33-20(29)24(6,7)8/h15-16H,11-14H2,1-10H3/t16-/m0/s1. The molecule has 0 saturated carbocycles. The maximum atomic E-state index is 13.0. The van der Waals surface area contributed by atoms with E-state index in [-0.39, 0.29) is 12.2 Å². The number of esters is 3. The van der Waals surface area contributed by atoms with Crippen molar-refractivity contribution < 1.29 is 52.5 Å². The molecule has 0 radical (unpaired) electrons. The van der Waals surface area contributed by atoms with Crippen LogP contribution in [0.1, 0.15) is 75.7 Å². The van der Waals surface area contributed by atoms with E-state index in [4.69, 9.17) is 23.7 Å². The number of Topliss-reactive ketones (excluding diaryl/α,β-unsaturated/α-hetero) is 1. The number of hydrogen-bond acceptors (Lipinski definition) is 13. The van der Waals surface area contributed by atoms with Gasteiger partial charge in [0.1, 0.15) is 5.78 Å². The molecule has 0 unspecified atom stereocenters. The predicted octanol–water partition coefficient (Wildman–Crippen LogP) is 5.13. The number of rotatable bonds is 12. The maximum Gasteiger partial charge on any atom is 0.371 e. The molecule has 0 aromatic heterocycles. The van der Waals surface area contributed by atoms with Gasteiger partial charge in [-0.25, -0.2) is 9.59 Å². The van der Waals surface area contributed by atoms with Gasteiger partial charge < -0.3 is 23.7 Å². The minimum atomic E-state index is -1.30. The summed E-state index contributed by atoms with van der Waals surface area (Å²) < 4.78 is 23.4. The Morgan fingerprint density at radius 3 is 1.55 bits per heavy atom. The topological polar surface area (TPSA) is 149 Å². The number of thioether (sulfide) groups is 2. The smallest absolute Gasteiger partial charge is 0.371 e. The minimum absolute atomic E-state index is 0.142. The second-order valence-corrected chi connectivity index (χ2v) is 13.6. The molecule has 0 bridgehead atoms. The molecule has 38 heavy (non-hydrogen) atoms. The molecular weight excluding hydrogens is 540 g/mol. The molecule has 13 heteroatoms. The van der Waals surface area contributed by atoms with Gasteiger partial charge in [0.05, 0.1) is 27.6 Å². The zero-order valence-electron chi connectivity index (χ0n) is 23.8. The number of carbonyl (C=O) groups is 6. The van der Waals surface area contributed by atoms with Gasteiger partial charge in [-0.1, -0.05) is 0 Å². The highest BCUT2D eigenvalue weighted by molar-refractivity contribution is 8.15. The molecule has 11 nitrogen and oxygen atoms in total. The van der Waals surface area contributed by atoms with Crippen LogP contribution in [0.25, 0.3) is 0 Å². The van der Waals surface area contributed by atoms with Crippen molar-refractivity contribution in [2.75, 3.05) is 19.3 Å². The molecule has 218 valence electrons. The van der Waals surface area contributed by atoms with Gasteiger partial charge in [0.25, 0.3) is 0 Å². The Morgan fingerprint density at radius 1 is 0.684 bits per heavy atom. The highest BCUT2D eigenvalue weighted by Crippen LogP contribution is 2.31. The van der Waals surface area contributed by atoms with E-state index >= 15 is 0 Å². The minimum Gasteiger partial charge on any atom is -0.463 e. The lowest BCUT2D eigenvalue weighted by molar-refractivity contribution is -0.161. The van der Waals surface area contributed by atoms with Crippen LogP contribution < -0.4 is 0 Å². The first-order valence-corrected chi connectivity index (χ1v) is 13.7. The van der Waals surface area contributed by atoms with E-state index in [1.807, 2.05) is 0 Å². The Labute approximate surface area is 232 Å². The summed E-state index contributed by atoms with van der Waals surface area (Å²) in [7, 11) is 0. The number of carbonyl (C=O) groups excluding carboxylic acids is 6. The number of hydrogen-bond donors (Lipinski definition) is 0. The van der Waals surface area contributed by atoms with Crippen LogP contribution in [-0.2, 0) is 42.9 Å². The molecule has 0 aromatic rings.